The average molecular weight is 349 g/mol. The number of hydrogen-bond donors (Lipinski definition) is 2. The van der Waals surface area contributed by atoms with E-state index in [-0.39, 0.29) is 23.9 Å². The van der Waals surface area contributed by atoms with E-state index in [9.17, 15) is 14.3 Å². The molecule has 0 bridgehead atoms. The number of benzene rings is 1. The quantitative estimate of drug-likeness (QED) is 0.891. The second kappa shape index (κ2) is 7.27. The lowest BCUT2D eigenvalue weighted by Crippen LogP contribution is -2.37. The number of aliphatic hydroxyl groups excluding tert-OH is 1. The van der Waals surface area contributed by atoms with Crippen molar-refractivity contribution in [2.75, 3.05) is 18.0 Å². The number of aliphatic hydroxyl groups is 1. The van der Waals surface area contributed by atoms with Crippen LogP contribution in [-0.2, 0) is 0 Å². The van der Waals surface area contributed by atoms with Crippen LogP contribution in [0.1, 0.15) is 41.9 Å². The summed E-state index contributed by atoms with van der Waals surface area (Å²) < 4.78 is 13.8. The van der Waals surface area contributed by atoms with Gasteiger partial charge in [-0.1, -0.05) is 0 Å². The van der Waals surface area contributed by atoms with Crippen molar-refractivity contribution >= 4 is 22.9 Å². The molecule has 1 amide bonds. The first-order valence-electron chi connectivity index (χ1n) is 7.96. The first kappa shape index (κ1) is 16.9. The van der Waals surface area contributed by atoms with E-state index in [1.165, 1.54) is 23.5 Å². The Labute approximate surface area is 144 Å². The summed E-state index contributed by atoms with van der Waals surface area (Å²) in [6.45, 7) is 3.26. The molecule has 2 aromatic rings. The number of piperidine rings is 1. The molecule has 0 spiro atoms. The Balaban J connectivity index is 1.80. The summed E-state index contributed by atoms with van der Waals surface area (Å²) >= 11 is 1.36. The first-order chi connectivity index (χ1) is 11.5. The number of hydrogen-bond acceptors (Lipinski definition) is 5. The van der Waals surface area contributed by atoms with Gasteiger partial charge in [0.1, 0.15) is 11.5 Å². The molecule has 24 heavy (non-hydrogen) atoms. The molecular weight excluding hydrogens is 329 g/mol. The average Bonchev–Trinajstić information content (AvgIpc) is 3.10. The molecule has 2 N–H and O–H groups in total. The number of nitrogens with one attached hydrogen (secondary N) is 1. The van der Waals surface area contributed by atoms with Gasteiger partial charge in [0.05, 0.1) is 17.7 Å². The zero-order valence-electron chi connectivity index (χ0n) is 13.4. The fraction of sp³-hybridized carbons (Fsp3) is 0.412. The number of carbonyl (C=O) groups excluding carboxylic acids is 1. The molecule has 1 saturated heterocycles. The number of nitrogens with zero attached hydrogens (tertiary/aromatic N) is 2. The Morgan fingerprint density at radius 1 is 1.46 bits per heavy atom. The fourth-order valence-electron chi connectivity index (χ4n) is 2.94. The standard InChI is InChI=1S/C17H20FN3O2S/c1-11(20-17(23)15-9-24-10-19-15)14-8-12(18)2-3-16(14)21-6-4-13(22)5-7-21/h2-3,8-11,13,22H,4-7H2,1H3,(H,20,23). The van der Waals surface area contributed by atoms with Gasteiger partial charge in [0, 0.05) is 29.7 Å². The molecule has 0 aliphatic carbocycles. The van der Waals surface area contributed by atoms with E-state index in [2.05, 4.69) is 15.2 Å². The normalized spacial score (nSPS) is 16.9. The molecule has 1 unspecified atom stereocenters. The zero-order chi connectivity index (χ0) is 17.1. The van der Waals surface area contributed by atoms with E-state index >= 15 is 0 Å². The van der Waals surface area contributed by atoms with Gasteiger partial charge in [0.2, 0.25) is 0 Å². The number of carbonyl (C=O) groups is 1. The zero-order valence-corrected chi connectivity index (χ0v) is 14.2. The van der Waals surface area contributed by atoms with Crippen molar-refractivity contribution in [2.45, 2.75) is 31.9 Å². The van der Waals surface area contributed by atoms with Crippen molar-refractivity contribution in [1.29, 1.82) is 0 Å². The minimum Gasteiger partial charge on any atom is -0.393 e. The molecule has 1 aliphatic rings. The van der Waals surface area contributed by atoms with Gasteiger partial charge >= 0.3 is 0 Å². The van der Waals surface area contributed by atoms with Crippen LogP contribution in [0.25, 0.3) is 0 Å². The first-order valence-corrected chi connectivity index (χ1v) is 8.90. The Bertz CT molecular complexity index is 700. The Hall–Kier alpha value is -1.99. The number of anilines is 1. The topological polar surface area (TPSA) is 65.5 Å². The van der Waals surface area contributed by atoms with E-state index in [0.29, 0.717) is 31.6 Å². The second-order valence-electron chi connectivity index (χ2n) is 5.99. The summed E-state index contributed by atoms with van der Waals surface area (Å²) in [6, 6.07) is 4.29. The summed E-state index contributed by atoms with van der Waals surface area (Å²) in [5, 5.41) is 14.2. The van der Waals surface area contributed by atoms with Crippen molar-refractivity contribution in [3.63, 3.8) is 0 Å². The van der Waals surface area contributed by atoms with Crippen LogP contribution in [0.5, 0.6) is 0 Å². The van der Waals surface area contributed by atoms with E-state index in [0.717, 1.165) is 11.3 Å². The molecule has 1 aromatic heterocycles. The largest absolute Gasteiger partial charge is 0.393 e. The lowest BCUT2D eigenvalue weighted by atomic mass is 10.0. The maximum Gasteiger partial charge on any atom is 0.271 e. The predicted octanol–water partition coefficient (Wildman–Crippen LogP) is 2.73. The smallest absolute Gasteiger partial charge is 0.271 e. The third-order valence-corrected chi connectivity index (χ3v) is 4.86. The van der Waals surface area contributed by atoms with Gasteiger partial charge in [-0.2, -0.15) is 0 Å². The van der Waals surface area contributed by atoms with E-state index in [4.69, 9.17) is 0 Å². The van der Waals surface area contributed by atoms with Crippen molar-refractivity contribution in [3.05, 3.63) is 46.2 Å². The minimum absolute atomic E-state index is 0.270. The van der Waals surface area contributed by atoms with Crippen molar-refractivity contribution in [2.24, 2.45) is 0 Å². The highest BCUT2D eigenvalue weighted by Gasteiger charge is 2.23. The number of rotatable bonds is 4. The number of amides is 1. The molecule has 5 nitrogen and oxygen atoms in total. The van der Waals surface area contributed by atoms with Crippen LogP contribution in [0, 0.1) is 5.82 Å². The molecular formula is C17H20FN3O2S. The van der Waals surface area contributed by atoms with Gasteiger partial charge in [-0.15, -0.1) is 11.3 Å². The number of thiazole rings is 1. The highest BCUT2D eigenvalue weighted by Crippen LogP contribution is 2.30. The van der Waals surface area contributed by atoms with Gasteiger partial charge in [-0.25, -0.2) is 9.37 Å². The number of halogens is 1. The van der Waals surface area contributed by atoms with E-state index in [1.807, 2.05) is 6.92 Å². The Morgan fingerprint density at radius 3 is 2.88 bits per heavy atom. The SMILES string of the molecule is CC(NC(=O)c1cscn1)c1cc(F)ccc1N1CCC(O)CC1. The molecule has 0 saturated carbocycles. The summed E-state index contributed by atoms with van der Waals surface area (Å²) in [5.41, 5.74) is 3.60. The second-order valence-corrected chi connectivity index (χ2v) is 6.71. The van der Waals surface area contributed by atoms with E-state index in [1.54, 1.807) is 17.0 Å². The van der Waals surface area contributed by atoms with Crippen molar-refractivity contribution in [3.8, 4) is 0 Å². The van der Waals surface area contributed by atoms with Crippen LogP contribution < -0.4 is 10.2 Å². The lowest BCUT2D eigenvalue weighted by Gasteiger charge is -2.34. The Morgan fingerprint density at radius 2 is 2.21 bits per heavy atom. The highest BCUT2D eigenvalue weighted by molar-refractivity contribution is 7.07. The summed E-state index contributed by atoms with van der Waals surface area (Å²) in [6.07, 6.45) is 1.11. The summed E-state index contributed by atoms with van der Waals surface area (Å²) in [5.74, 6) is -0.603. The van der Waals surface area contributed by atoms with Gasteiger partial charge in [0.15, 0.2) is 0 Å². The fourth-order valence-corrected chi connectivity index (χ4v) is 3.47. The third kappa shape index (κ3) is 3.73. The molecule has 128 valence electrons. The molecule has 1 fully saturated rings. The van der Waals surface area contributed by atoms with Gasteiger partial charge in [-0.05, 0) is 38.0 Å². The summed E-state index contributed by atoms with van der Waals surface area (Å²) in [7, 11) is 0. The van der Waals surface area contributed by atoms with Gasteiger partial charge in [-0.3, -0.25) is 4.79 Å². The van der Waals surface area contributed by atoms with Crippen LogP contribution in [0.2, 0.25) is 0 Å². The maximum absolute atomic E-state index is 13.8. The minimum atomic E-state index is -0.350. The van der Waals surface area contributed by atoms with Crippen LogP contribution in [0.4, 0.5) is 10.1 Å². The molecule has 3 rings (SSSR count). The van der Waals surface area contributed by atoms with Crippen LogP contribution >= 0.6 is 11.3 Å². The number of aromatic nitrogens is 1. The molecule has 1 aromatic carbocycles. The Kier molecular flexibility index (Phi) is 5.11. The monoisotopic (exact) mass is 349 g/mol. The van der Waals surface area contributed by atoms with Crippen molar-refractivity contribution in [1.82, 2.24) is 10.3 Å². The third-order valence-electron chi connectivity index (χ3n) is 4.27. The predicted molar refractivity (Wildman–Crippen MR) is 91.8 cm³/mol. The van der Waals surface area contributed by atoms with Gasteiger partial charge < -0.3 is 15.3 Å². The molecule has 1 aliphatic heterocycles. The molecule has 7 heteroatoms. The molecule has 0 radical (unpaired) electrons. The molecule has 1 atom stereocenters. The lowest BCUT2D eigenvalue weighted by molar-refractivity contribution is 0.0935. The maximum atomic E-state index is 13.8. The van der Waals surface area contributed by atoms with Crippen LogP contribution in [0.3, 0.4) is 0 Å². The van der Waals surface area contributed by atoms with Crippen molar-refractivity contribution < 1.29 is 14.3 Å². The highest BCUT2D eigenvalue weighted by atomic mass is 32.1. The van der Waals surface area contributed by atoms with Crippen LogP contribution in [0.15, 0.2) is 29.1 Å². The van der Waals surface area contributed by atoms with E-state index < -0.39 is 0 Å². The van der Waals surface area contributed by atoms with Crippen LogP contribution in [-0.4, -0.2) is 35.2 Å². The summed E-state index contributed by atoms with van der Waals surface area (Å²) in [4.78, 5) is 18.3. The molecule has 2 heterocycles. The van der Waals surface area contributed by atoms with Gasteiger partial charge in [0.25, 0.3) is 5.91 Å².